The first-order chi connectivity index (χ1) is 12.4. The summed E-state index contributed by atoms with van der Waals surface area (Å²) >= 11 is 0. The first kappa shape index (κ1) is 16.5. The van der Waals surface area contributed by atoms with Crippen molar-refractivity contribution in [3.8, 4) is 11.1 Å². The van der Waals surface area contributed by atoms with Crippen LogP contribution < -0.4 is 10.0 Å². The van der Waals surface area contributed by atoms with Crippen LogP contribution in [-0.4, -0.2) is 33.9 Å². The molecule has 8 nitrogen and oxygen atoms in total. The first-order valence-electron chi connectivity index (χ1n) is 8.14. The van der Waals surface area contributed by atoms with Crippen molar-refractivity contribution in [2.24, 2.45) is 0 Å². The van der Waals surface area contributed by atoms with Crippen LogP contribution in [-0.2, 0) is 14.8 Å². The van der Waals surface area contributed by atoms with Gasteiger partial charge in [0.15, 0.2) is 5.82 Å². The highest BCUT2D eigenvalue weighted by Crippen LogP contribution is 2.30. The Hall–Kier alpha value is -2.94. The number of rotatable bonds is 5. The molecule has 0 aromatic carbocycles. The van der Waals surface area contributed by atoms with Crippen molar-refractivity contribution in [3.05, 3.63) is 43.0 Å². The van der Waals surface area contributed by atoms with E-state index in [9.17, 15) is 13.2 Å². The van der Waals surface area contributed by atoms with Gasteiger partial charge in [-0.3, -0.25) is 14.5 Å². The summed E-state index contributed by atoms with van der Waals surface area (Å²) in [6, 6.07) is 5.44. The van der Waals surface area contributed by atoms with Crippen molar-refractivity contribution < 1.29 is 13.2 Å². The van der Waals surface area contributed by atoms with Crippen LogP contribution in [0.3, 0.4) is 0 Å². The normalized spacial score (nSPS) is 14.3. The van der Waals surface area contributed by atoms with Gasteiger partial charge in [-0.2, -0.15) is 0 Å². The second-order valence-electron chi connectivity index (χ2n) is 6.30. The maximum atomic E-state index is 12.1. The van der Waals surface area contributed by atoms with E-state index in [-0.39, 0.29) is 11.2 Å². The lowest BCUT2D eigenvalue weighted by Crippen LogP contribution is -2.17. The molecule has 1 fully saturated rings. The quantitative estimate of drug-likeness (QED) is 0.716. The molecule has 4 rings (SSSR count). The first-order valence-corrected chi connectivity index (χ1v) is 9.69. The summed E-state index contributed by atoms with van der Waals surface area (Å²) in [5.41, 5.74) is 2.76. The summed E-state index contributed by atoms with van der Waals surface area (Å²) in [5.74, 6) is 0.284. The number of pyridine rings is 2. The highest BCUT2D eigenvalue weighted by molar-refractivity contribution is 7.93. The number of hydrogen-bond acceptors (Lipinski definition) is 5. The van der Waals surface area contributed by atoms with E-state index in [1.54, 1.807) is 22.9 Å². The van der Waals surface area contributed by atoms with Gasteiger partial charge < -0.3 is 9.72 Å². The Labute approximate surface area is 150 Å². The SMILES string of the molecule is CC(=O)Nc1cn2cc(-c3cncc(NS(=O)(=O)C4CC4)c3)ccc2n1. The Kier molecular flexibility index (Phi) is 3.87. The number of carbonyl (C=O) groups excluding carboxylic acids is 1. The van der Waals surface area contributed by atoms with Gasteiger partial charge >= 0.3 is 0 Å². The summed E-state index contributed by atoms with van der Waals surface area (Å²) in [6.07, 6.45) is 8.14. The number of nitrogens with zero attached hydrogens (tertiary/aromatic N) is 3. The standard InChI is InChI=1S/C17H17N5O3S/c1-11(23)19-16-10-22-9-12(2-5-17(22)20-16)13-6-14(8-18-7-13)21-26(24,25)15-3-4-15/h2,5-10,15,21H,3-4H2,1H3,(H,19,23). The lowest BCUT2D eigenvalue weighted by Gasteiger charge is -2.08. The molecular weight excluding hydrogens is 354 g/mol. The molecule has 1 saturated carbocycles. The van der Waals surface area contributed by atoms with E-state index in [1.807, 2.05) is 18.3 Å². The Bertz CT molecular complexity index is 1100. The molecule has 3 heterocycles. The average molecular weight is 371 g/mol. The molecule has 0 unspecified atom stereocenters. The molecule has 3 aromatic rings. The number of aromatic nitrogens is 3. The fraction of sp³-hybridized carbons (Fsp3) is 0.235. The van der Waals surface area contributed by atoms with E-state index in [1.165, 1.54) is 13.1 Å². The zero-order valence-corrected chi connectivity index (χ0v) is 14.8. The molecule has 26 heavy (non-hydrogen) atoms. The number of fused-ring (bicyclic) bond motifs is 1. The summed E-state index contributed by atoms with van der Waals surface area (Å²) in [5, 5.41) is 2.35. The fourth-order valence-corrected chi connectivity index (χ4v) is 4.05. The molecule has 0 spiro atoms. The molecule has 9 heteroatoms. The van der Waals surface area contributed by atoms with E-state index in [0.717, 1.165) is 11.1 Å². The molecule has 1 aliphatic carbocycles. The number of hydrogen-bond donors (Lipinski definition) is 2. The molecule has 3 aromatic heterocycles. The van der Waals surface area contributed by atoms with Crippen LogP contribution >= 0.6 is 0 Å². The predicted molar refractivity (Wildman–Crippen MR) is 98.3 cm³/mol. The molecule has 2 N–H and O–H groups in total. The summed E-state index contributed by atoms with van der Waals surface area (Å²) in [7, 11) is -3.33. The zero-order valence-electron chi connectivity index (χ0n) is 14.0. The van der Waals surface area contributed by atoms with Gasteiger partial charge in [0.05, 0.1) is 23.3 Å². The van der Waals surface area contributed by atoms with Crippen molar-refractivity contribution in [3.63, 3.8) is 0 Å². The Morgan fingerprint density at radius 1 is 1.19 bits per heavy atom. The van der Waals surface area contributed by atoms with E-state index < -0.39 is 10.0 Å². The molecular formula is C17H17N5O3S. The van der Waals surface area contributed by atoms with Crippen LogP contribution in [0.4, 0.5) is 11.5 Å². The molecule has 0 atom stereocenters. The van der Waals surface area contributed by atoms with Gasteiger partial charge in [-0.15, -0.1) is 0 Å². The Balaban J connectivity index is 1.64. The number of amides is 1. The molecule has 1 aliphatic rings. The van der Waals surface area contributed by atoms with Gasteiger partial charge in [0, 0.05) is 30.4 Å². The second-order valence-corrected chi connectivity index (χ2v) is 8.26. The smallest absolute Gasteiger partial charge is 0.235 e. The van der Waals surface area contributed by atoms with Crippen LogP contribution in [0.15, 0.2) is 43.0 Å². The van der Waals surface area contributed by atoms with Gasteiger partial charge in [0.25, 0.3) is 0 Å². The number of anilines is 2. The van der Waals surface area contributed by atoms with Crippen molar-refractivity contribution in [2.45, 2.75) is 25.0 Å². The number of sulfonamides is 1. The Morgan fingerprint density at radius 2 is 2.00 bits per heavy atom. The summed E-state index contributed by atoms with van der Waals surface area (Å²) in [4.78, 5) is 19.6. The summed E-state index contributed by atoms with van der Waals surface area (Å²) in [6.45, 7) is 1.43. The van der Waals surface area contributed by atoms with Gasteiger partial charge in [-0.05, 0) is 31.0 Å². The van der Waals surface area contributed by atoms with Gasteiger partial charge in [-0.25, -0.2) is 13.4 Å². The highest BCUT2D eigenvalue weighted by atomic mass is 32.2. The van der Waals surface area contributed by atoms with E-state index >= 15 is 0 Å². The van der Waals surface area contributed by atoms with E-state index in [0.29, 0.717) is 30.0 Å². The average Bonchev–Trinajstić information content (AvgIpc) is 3.36. The van der Waals surface area contributed by atoms with Crippen molar-refractivity contribution in [1.29, 1.82) is 0 Å². The van der Waals surface area contributed by atoms with Crippen molar-refractivity contribution in [1.82, 2.24) is 14.4 Å². The van der Waals surface area contributed by atoms with E-state index in [4.69, 9.17) is 0 Å². The van der Waals surface area contributed by atoms with Gasteiger partial charge in [0.2, 0.25) is 15.9 Å². The molecule has 0 bridgehead atoms. The van der Waals surface area contributed by atoms with Crippen LogP contribution in [0, 0.1) is 0 Å². The monoisotopic (exact) mass is 371 g/mol. The van der Waals surface area contributed by atoms with Gasteiger partial charge in [-0.1, -0.05) is 0 Å². The third-order valence-electron chi connectivity index (χ3n) is 4.05. The lowest BCUT2D eigenvalue weighted by atomic mass is 10.1. The lowest BCUT2D eigenvalue weighted by molar-refractivity contribution is -0.114. The molecule has 134 valence electrons. The van der Waals surface area contributed by atoms with E-state index in [2.05, 4.69) is 20.0 Å². The topological polar surface area (TPSA) is 105 Å². The fourth-order valence-electron chi connectivity index (χ4n) is 2.68. The van der Waals surface area contributed by atoms with Crippen LogP contribution in [0.2, 0.25) is 0 Å². The third-order valence-corrected chi connectivity index (χ3v) is 5.92. The number of imidazole rings is 1. The zero-order chi connectivity index (χ0) is 18.3. The number of carbonyl (C=O) groups is 1. The molecule has 0 radical (unpaired) electrons. The minimum absolute atomic E-state index is 0.187. The highest BCUT2D eigenvalue weighted by Gasteiger charge is 2.35. The minimum atomic E-state index is -3.33. The predicted octanol–water partition coefficient (Wildman–Crippen LogP) is 2.26. The molecule has 1 amide bonds. The van der Waals surface area contributed by atoms with Gasteiger partial charge in [0.1, 0.15) is 5.65 Å². The second kappa shape index (κ2) is 6.10. The Morgan fingerprint density at radius 3 is 2.73 bits per heavy atom. The van der Waals surface area contributed by atoms with Crippen LogP contribution in [0.1, 0.15) is 19.8 Å². The van der Waals surface area contributed by atoms with Crippen LogP contribution in [0.5, 0.6) is 0 Å². The van der Waals surface area contributed by atoms with Crippen molar-refractivity contribution >= 4 is 33.1 Å². The minimum Gasteiger partial charge on any atom is -0.310 e. The maximum absolute atomic E-state index is 12.1. The molecule has 0 saturated heterocycles. The van der Waals surface area contributed by atoms with Crippen LogP contribution in [0.25, 0.3) is 16.8 Å². The summed E-state index contributed by atoms with van der Waals surface area (Å²) < 4.78 is 28.6. The maximum Gasteiger partial charge on any atom is 0.235 e. The number of nitrogens with one attached hydrogen (secondary N) is 2. The molecule has 0 aliphatic heterocycles. The third kappa shape index (κ3) is 3.38. The largest absolute Gasteiger partial charge is 0.310 e. The van der Waals surface area contributed by atoms with Crippen molar-refractivity contribution in [2.75, 3.05) is 10.0 Å².